The lowest BCUT2D eigenvalue weighted by atomic mass is 10.9. The number of aryl methyl sites for hydroxylation is 1. The van der Waals surface area contributed by atoms with Crippen molar-refractivity contribution >= 4 is 12.6 Å². The van der Waals surface area contributed by atoms with Gasteiger partial charge in [0.25, 0.3) is 0 Å². The van der Waals surface area contributed by atoms with E-state index in [0.717, 1.165) is 0 Å². The third-order valence-electron chi connectivity index (χ3n) is 0.891. The quantitative estimate of drug-likeness (QED) is 0.298. The Balaban J connectivity index is 3.14. The molecule has 8 heavy (non-hydrogen) atoms. The summed E-state index contributed by atoms with van der Waals surface area (Å²) >= 11 is 3.96. The molecule has 0 unspecified atom stereocenters. The van der Waals surface area contributed by atoms with E-state index in [1.807, 2.05) is 0 Å². The SMILES string of the molecule is Cn1c[n+]([O-])cc1S. The first-order valence-electron chi connectivity index (χ1n) is 2.14. The third kappa shape index (κ3) is 0.790. The van der Waals surface area contributed by atoms with Gasteiger partial charge in [-0.05, 0) is 0 Å². The zero-order valence-electron chi connectivity index (χ0n) is 4.40. The van der Waals surface area contributed by atoms with E-state index in [-0.39, 0.29) is 0 Å². The molecule has 0 amide bonds. The van der Waals surface area contributed by atoms with Gasteiger partial charge >= 0.3 is 0 Å². The van der Waals surface area contributed by atoms with Gasteiger partial charge in [0.15, 0.2) is 5.03 Å². The molecule has 0 saturated carbocycles. The van der Waals surface area contributed by atoms with Gasteiger partial charge < -0.3 is 5.21 Å². The van der Waals surface area contributed by atoms with Crippen LogP contribution < -0.4 is 4.73 Å². The minimum atomic E-state index is 0.667. The Morgan fingerprint density at radius 2 is 2.50 bits per heavy atom. The molecule has 1 aromatic rings. The first kappa shape index (κ1) is 5.50. The summed E-state index contributed by atoms with van der Waals surface area (Å²) in [5.41, 5.74) is 0. The van der Waals surface area contributed by atoms with E-state index < -0.39 is 0 Å². The van der Waals surface area contributed by atoms with Crippen molar-refractivity contribution in [2.75, 3.05) is 0 Å². The van der Waals surface area contributed by atoms with Crippen molar-refractivity contribution in [3.63, 3.8) is 0 Å². The predicted molar refractivity (Wildman–Crippen MR) is 31.6 cm³/mol. The van der Waals surface area contributed by atoms with Crippen molar-refractivity contribution in [1.82, 2.24) is 4.57 Å². The first-order chi connectivity index (χ1) is 3.70. The molecule has 0 spiro atoms. The fraction of sp³-hybridized carbons (Fsp3) is 0.250. The Hall–Kier alpha value is -0.640. The molecule has 0 fully saturated rings. The summed E-state index contributed by atoms with van der Waals surface area (Å²) in [6.07, 6.45) is 2.80. The second-order valence-electron chi connectivity index (χ2n) is 1.57. The van der Waals surface area contributed by atoms with E-state index >= 15 is 0 Å². The summed E-state index contributed by atoms with van der Waals surface area (Å²) in [6, 6.07) is 0. The molecule has 0 aromatic carbocycles. The smallest absolute Gasteiger partial charge is 0.247 e. The highest BCUT2D eigenvalue weighted by Crippen LogP contribution is 1.97. The third-order valence-corrected chi connectivity index (χ3v) is 1.32. The van der Waals surface area contributed by atoms with Gasteiger partial charge in [0, 0.05) is 0 Å². The highest BCUT2D eigenvalue weighted by molar-refractivity contribution is 7.80. The number of hydrogen-bond donors (Lipinski definition) is 1. The number of imidazole rings is 1. The average Bonchev–Trinajstić information content (AvgIpc) is 1.85. The van der Waals surface area contributed by atoms with Gasteiger partial charge in [-0.15, -0.1) is 0 Å². The molecule has 0 bridgehead atoms. The molecule has 0 radical (unpaired) electrons. The number of rotatable bonds is 0. The topological polar surface area (TPSA) is 31.9 Å². The van der Waals surface area contributed by atoms with E-state index in [1.165, 1.54) is 12.5 Å². The number of nitrogens with zero attached hydrogens (tertiary/aromatic N) is 2. The second-order valence-corrected chi connectivity index (χ2v) is 2.03. The molecule has 0 aliphatic rings. The summed E-state index contributed by atoms with van der Waals surface area (Å²) < 4.78 is 2.35. The van der Waals surface area contributed by atoms with Crippen LogP contribution in [0.2, 0.25) is 0 Å². The molecule has 0 aliphatic carbocycles. The summed E-state index contributed by atoms with van der Waals surface area (Å²) in [6.45, 7) is 0. The fourth-order valence-corrected chi connectivity index (χ4v) is 0.634. The summed E-state index contributed by atoms with van der Waals surface area (Å²) in [5.74, 6) is 0. The molecule has 1 rings (SSSR count). The van der Waals surface area contributed by atoms with E-state index in [0.29, 0.717) is 9.76 Å². The van der Waals surface area contributed by atoms with Crippen molar-refractivity contribution in [2.45, 2.75) is 5.03 Å². The number of hydrogen-bond acceptors (Lipinski definition) is 2. The molecule has 3 nitrogen and oxygen atoms in total. The van der Waals surface area contributed by atoms with Crippen LogP contribution in [0.4, 0.5) is 0 Å². The Labute approximate surface area is 52.5 Å². The highest BCUT2D eigenvalue weighted by atomic mass is 32.1. The Bertz CT molecular complexity index is 176. The fourth-order valence-electron chi connectivity index (χ4n) is 0.468. The normalized spacial score (nSPS) is 9.75. The molecule has 0 atom stereocenters. The van der Waals surface area contributed by atoms with Crippen molar-refractivity contribution < 1.29 is 4.73 Å². The van der Waals surface area contributed by atoms with Crippen LogP contribution in [0.15, 0.2) is 17.6 Å². The number of thiol groups is 1. The van der Waals surface area contributed by atoms with Crippen LogP contribution in [-0.2, 0) is 7.05 Å². The van der Waals surface area contributed by atoms with Crippen LogP contribution in [0.25, 0.3) is 0 Å². The zero-order chi connectivity index (χ0) is 6.15. The standard InChI is InChI=1S/C4H6N2OS/c1-5-3-6(7)2-4(5)8/h2-3,8H,1H3. The first-order valence-corrected chi connectivity index (χ1v) is 2.59. The maximum atomic E-state index is 10.4. The van der Waals surface area contributed by atoms with Crippen LogP contribution >= 0.6 is 12.6 Å². The van der Waals surface area contributed by atoms with Crippen LogP contribution in [0.3, 0.4) is 0 Å². The lowest BCUT2D eigenvalue weighted by molar-refractivity contribution is -0.605. The van der Waals surface area contributed by atoms with Crippen molar-refractivity contribution in [3.8, 4) is 0 Å². The molecule has 4 heteroatoms. The Kier molecular flexibility index (Phi) is 1.17. The van der Waals surface area contributed by atoms with Gasteiger partial charge in [-0.1, -0.05) is 12.6 Å². The van der Waals surface area contributed by atoms with Gasteiger partial charge in [0.2, 0.25) is 6.33 Å². The minimum absolute atomic E-state index is 0.667. The van der Waals surface area contributed by atoms with Crippen molar-refractivity contribution in [2.24, 2.45) is 7.05 Å². The van der Waals surface area contributed by atoms with Gasteiger partial charge in [0.05, 0.1) is 7.05 Å². The molecule has 0 saturated heterocycles. The van der Waals surface area contributed by atoms with Gasteiger partial charge in [-0.2, -0.15) is 0 Å². The van der Waals surface area contributed by atoms with E-state index in [2.05, 4.69) is 12.6 Å². The van der Waals surface area contributed by atoms with E-state index in [1.54, 1.807) is 11.6 Å². The minimum Gasteiger partial charge on any atom is -0.711 e. The van der Waals surface area contributed by atoms with Crippen LogP contribution in [-0.4, -0.2) is 4.57 Å². The second kappa shape index (κ2) is 1.70. The largest absolute Gasteiger partial charge is 0.711 e. The van der Waals surface area contributed by atoms with Gasteiger partial charge in [0.1, 0.15) is 6.20 Å². The lowest BCUT2D eigenvalue weighted by Gasteiger charge is -1.87. The molecule has 0 aliphatic heterocycles. The van der Waals surface area contributed by atoms with Crippen LogP contribution in [0, 0.1) is 5.21 Å². The van der Waals surface area contributed by atoms with Crippen LogP contribution in [0.5, 0.6) is 0 Å². The molecular formula is C4H6N2OS. The van der Waals surface area contributed by atoms with Crippen molar-refractivity contribution in [1.29, 1.82) is 0 Å². The maximum absolute atomic E-state index is 10.4. The molecular weight excluding hydrogens is 124 g/mol. The van der Waals surface area contributed by atoms with Gasteiger partial charge in [-0.3, -0.25) is 0 Å². The monoisotopic (exact) mass is 130 g/mol. The molecule has 1 aromatic heterocycles. The predicted octanol–water partition coefficient (Wildman–Crippen LogP) is -0.0528. The van der Waals surface area contributed by atoms with Crippen LogP contribution in [0.1, 0.15) is 0 Å². The summed E-state index contributed by atoms with van der Waals surface area (Å²) in [7, 11) is 1.76. The Morgan fingerprint density at radius 3 is 2.62 bits per heavy atom. The lowest BCUT2D eigenvalue weighted by Crippen LogP contribution is -2.21. The molecule has 44 valence electrons. The highest BCUT2D eigenvalue weighted by Gasteiger charge is 1.97. The van der Waals surface area contributed by atoms with E-state index in [9.17, 15) is 5.21 Å². The Morgan fingerprint density at radius 1 is 1.88 bits per heavy atom. The summed E-state index contributed by atoms with van der Waals surface area (Å²) in [5, 5.41) is 11.0. The maximum Gasteiger partial charge on any atom is 0.247 e. The van der Waals surface area contributed by atoms with Crippen molar-refractivity contribution in [3.05, 3.63) is 17.7 Å². The van der Waals surface area contributed by atoms with Gasteiger partial charge in [-0.25, -0.2) is 9.30 Å². The summed E-state index contributed by atoms with van der Waals surface area (Å²) in [4.78, 5) is 0. The average molecular weight is 130 g/mol. The van der Waals surface area contributed by atoms with E-state index in [4.69, 9.17) is 0 Å². The zero-order valence-corrected chi connectivity index (χ0v) is 5.30. The molecule has 0 N–H and O–H groups in total. The number of aromatic nitrogens is 2. The molecule has 1 heterocycles.